The largest absolute Gasteiger partial charge is 0.383 e. The molecule has 5 heteroatoms. The van der Waals surface area contributed by atoms with Crippen LogP contribution in [-0.2, 0) is 4.74 Å². The number of ether oxygens (including phenoxy) is 1. The van der Waals surface area contributed by atoms with Gasteiger partial charge in [0, 0.05) is 43.9 Å². The molecule has 0 spiro atoms. The predicted molar refractivity (Wildman–Crippen MR) is 86.0 cm³/mol. The van der Waals surface area contributed by atoms with Crippen LogP contribution in [0.4, 0.5) is 5.82 Å². The van der Waals surface area contributed by atoms with E-state index in [1.165, 1.54) is 12.8 Å². The van der Waals surface area contributed by atoms with Gasteiger partial charge < -0.3 is 15.0 Å². The van der Waals surface area contributed by atoms with Gasteiger partial charge in [-0.15, -0.1) is 0 Å². The first-order chi connectivity index (χ1) is 10.1. The third-order valence-electron chi connectivity index (χ3n) is 3.87. The quantitative estimate of drug-likeness (QED) is 0.834. The Hall–Kier alpha value is -1.20. The molecule has 5 nitrogen and oxygen atoms in total. The van der Waals surface area contributed by atoms with Gasteiger partial charge in [0.25, 0.3) is 0 Å². The van der Waals surface area contributed by atoms with Crippen molar-refractivity contribution in [3.63, 3.8) is 0 Å². The van der Waals surface area contributed by atoms with Crippen molar-refractivity contribution in [1.82, 2.24) is 15.3 Å². The summed E-state index contributed by atoms with van der Waals surface area (Å²) in [6, 6.07) is 2.64. The van der Waals surface area contributed by atoms with Gasteiger partial charge in [-0.05, 0) is 26.3 Å². The van der Waals surface area contributed by atoms with Gasteiger partial charge in [-0.2, -0.15) is 0 Å². The molecule has 1 N–H and O–H groups in total. The zero-order valence-electron chi connectivity index (χ0n) is 13.7. The Balaban J connectivity index is 2.17. The second-order valence-electron chi connectivity index (χ2n) is 6.11. The second-order valence-corrected chi connectivity index (χ2v) is 6.11. The van der Waals surface area contributed by atoms with Gasteiger partial charge in [0.1, 0.15) is 11.6 Å². The van der Waals surface area contributed by atoms with E-state index in [9.17, 15) is 0 Å². The SMILES string of the molecule is COCCN(CC1CCCN1)c1cc(C)nc(C(C)C)n1. The number of hydrogen-bond donors (Lipinski definition) is 1. The van der Waals surface area contributed by atoms with Crippen LogP contribution in [-0.4, -0.2) is 49.4 Å². The van der Waals surface area contributed by atoms with E-state index in [1.807, 2.05) is 6.92 Å². The molecule has 0 bridgehead atoms. The Kier molecular flexibility index (Phi) is 5.94. The summed E-state index contributed by atoms with van der Waals surface area (Å²) in [5, 5.41) is 3.56. The van der Waals surface area contributed by atoms with Crippen LogP contribution in [0.3, 0.4) is 0 Å². The summed E-state index contributed by atoms with van der Waals surface area (Å²) in [5.74, 6) is 2.29. The summed E-state index contributed by atoms with van der Waals surface area (Å²) < 4.78 is 5.26. The van der Waals surface area contributed by atoms with E-state index >= 15 is 0 Å². The lowest BCUT2D eigenvalue weighted by atomic mass is 10.2. The van der Waals surface area contributed by atoms with Crippen molar-refractivity contribution < 1.29 is 4.74 Å². The van der Waals surface area contributed by atoms with E-state index in [0.29, 0.717) is 18.6 Å². The summed E-state index contributed by atoms with van der Waals surface area (Å²) >= 11 is 0. The Labute approximate surface area is 128 Å². The van der Waals surface area contributed by atoms with Crippen LogP contribution in [0.2, 0.25) is 0 Å². The molecule has 1 aliphatic rings. The van der Waals surface area contributed by atoms with Gasteiger partial charge in [-0.25, -0.2) is 9.97 Å². The van der Waals surface area contributed by atoms with Crippen LogP contribution in [0.1, 0.15) is 44.1 Å². The van der Waals surface area contributed by atoms with Gasteiger partial charge in [-0.1, -0.05) is 13.8 Å². The molecule has 0 saturated carbocycles. The van der Waals surface area contributed by atoms with Crippen LogP contribution in [0.5, 0.6) is 0 Å². The van der Waals surface area contributed by atoms with E-state index < -0.39 is 0 Å². The maximum Gasteiger partial charge on any atom is 0.133 e. The minimum absolute atomic E-state index is 0.345. The molecule has 0 amide bonds. The topological polar surface area (TPSA) is 50.3 Å². The van der Waals surface area contributed by atoms with Crippen molar-refractivity contribution in [1.29, 1.82) is 0 Å². The maximum absolute atomic E-state index is 5.26. The Morgan fingerprint density at radius 2 is 2.24 bits per heavy atom. The molecule has 1 fully saturated rings. The van der Waals surface area contributed by atoms with Crippen LogP contribution in [0.15, 0.2) is 6.07 Å². The minimum atomic E-state index is 0.345. The van der Waals surface area contributed by atoms with E-state index in [1.54, 1.807) is 7.11 Å². The molecular formula is C16H28N4O. The zero-order valence-corrected chi connectivity index (χ0v) is 13.7. The number of aryl methyl sites for hydroxylation is 1. The molecule has 0 aliphatic carbocycles. The van der Waals surface area contributed by atoms with E-state index in [0.717, 1.165) is 37.0 Å². The fourth-order valence-corrected chi connectivity index (χ4v) is 2.67. The Morgan fingerprint density at radius 1 is 1.43 bits per heavy atom. The highest BCUT2D eigenvalue weighted by molar-refractivity contribution is 5.40. The van der Waals surface area contributed by atoms with Crippen molar-refractivity contribution in [2.75, 3.05) is 38.3 Å². The molecule has 21 heavy (non-hydrogen) atoms. The van der Waals surface area contributed by atoms with E-state index in [2.05, 4.69) is 35.1 Å². The third-order valence-corrected chi connectivity index (χ3v) is 3.87. The van der Waals surface area contributed by atoms with Crippen molar-refractivity contribution in [2.45, 2.75) is 45.6 Å². The zero-order chi connectivity index (χ0) is 15.2. The van der Waals surface area contributed by atoms with Crippen LogP contribution >= 0.6 is 0 Å². The average Bonchev–Trinajstić information content (AvgIpc) is 2.95. The standard InChI is InChI=1S/C16H28N4O/c1-12(2)16-18-13(3)10-15(19-16)20(8-9-21-4)11-14-6-5-7-17-14/h10,12,14,17H,5-9,11H2,1-4H3. The highest BCUT2D eigenvalue weighted by Gasteiger charge is 2.20. The first-order valence-electron chi connectivity index (χ1n) is 7.93. The third kappa shape index (κ3) is 4.64. The lowest BCUT2D eigenvalue weighted by Gasteiger charge is -2.27. The smallest absolute Gasteiger partial charge is 0.133 e. The van der Waals surface area contributed by atoms with Gasteiger partial charge in [-0.3, -0.25) is 0 Å². The minimum Gasteiger partial charge on any atom is -0.383 e. The van der Waals surface area contributed by atoms with E-state index in [4.69, 9.17) is 9.72 Å². The highest BCUT2D eigenvalue weighted by Crippen LogP contribution is 2.18. The van der Waals surface area contributed by atoms with E-state index in [-0.39, 0.29) is 0 Å². The number of nitrogens with one attached hydrogen (secondary N) is 1. The molecule has 118 valence electrons. The molecule has 1 unspecified atom stereocenters. The molecule has 0 radical (unpaired) electrons. The summed E-state index contributed by atoms with van der Waals surface area (Å²) in [4.78, 5) is 11.6. The monoisotopic (exact) mass is 292 g/mol. The molecule has 0 aromatic carbocycles. The molecule has 1 aliphatic heterocycles. The molecule has 1 atom stereocenters. The van der Waals surface area contributed by atoms with Gasteiger partial charge in [0.15, 0.2) is 0 Å². The number of nitrogens with zero attached hydrogens (tertiary/aromatic N) is 3. The van der Waals surface area contributed by atoms with Crippen LogP contribution < -0.4 is 10.2 Å². The summed E-state index contributed by atoms with van der Waals surface area (Å²) in [5.41, 5.74) is 1.03. The second kappa shape index (κ2) is 7.71. The van der Waals surface area contributed by atoms with Gasteiger partial charge in [0.05, 0.1) is 6.61 Å². The number of anilines is 1. The molecule has 1 saturated heterocycles. The number of aromatic nitrogens is 2. The molecule has 2 rings (SSSR count). The van der Waals surface area contributed by atoms with Gasteiger partial charge >= 0.3 is 0 Å². The fourth-order valence-electron chi connectivity index (χ4n) is 2.67. The highest BCUT2D eigenvalue weighted by atomic mass is 16.5. The number of rotatable bonds is 7. The van der Waals surface area contributed by atoms with Crippen LogP contribution in [0.25, 0.3) is 0 Å². The Morgan fingerprint density at radius 3 is 2.86 bits per heavy atom. The molecule has 1 aromatic heterocycles. The maximum atomic E-state index is 5.26. The first-order valence-corrected chi connectivity index (χ1v) is 7.93. The van der Waals surface area contributed by atoms with Crippen molar-refractivity contribution in [2.24, 2.45) is 0 Å². The van der Waals surface area contributed by atoms with Crippen molar-refractivity contribution in [3.05, 3.63) is 17.6 Å². The first kappa shape index (κ1) is 16.2. The van der Waals surface area contributed by atoms with Crippen LogP contribution in [0, 0.1) is 6.92 Å². The number of methoxy groups -OCH3 is 1. The summed E-state index contributed by atoms with van der Waals surface area (Å²) in [7, 11) is 1.75. The normalized spacial score (nSPS) is 18.4. The van der Waals surface area contributed by atoms with Gasteiger partial charge in [0.2, 0.25) is 0 Å². The average molecular weight is 292 g/mol. The van der Waals surface area contributed by atoms with Crippen molar-refractivity contribution in [3.8, 4) is 0 Å². The summed E-state index contributed by atoms with van der Waals surface area (Å²) in [6.45, 7) is 10.0. The summed E-state index contributed by atoms with van der Waals surface area (Å²) in [6.07, 6.45) is 2.51. The molecular weight excluding hydrogens is 264 g/mol. The Bertz CT molecular complexity index is 444. The molecule has 1 aromatic rings. The lowest BCUT2D eigenvalue weighted by Crippen LogP contribution is -2.40. The van der Waals surface area contributed by atoms with Crippen molar-refractivity contribution >= 4 is 5.82 Å². The number of hydrogen-bond acceptors (Lipinski definition) is 5. The predicted octanol–water partition coefficient (Wildman–Crippen LogP) is 2.11. The lowest BCUT2D eigenvalue weighted by molar-refractivity contribution is 0.204. The molecule has 2 heterocycles. The fraction of sp³-hybridized carbons (Fsp3) is 0.750.